The molecule has 2 fully saturated rings. The number of benzene rings is 1. The molecule has 4 nitrogen and oxygen atoms in total. The predicted molar refractivity (Wildman–Crippen MR) is 121 cm³/mol. The van der Waals surface area contributed by atoms with Crippen LogP contribution in [0.25, 0.3) is 6.08 Å². The minimum absolute atomic E-state index is 0.257. The summed E-state index contributed by atoms with van der Waals surface area (Å²) in [6, 6.07) is 7.95. The summed E-state index contributed by atoms with van der Waals surface area (Å²) < 4.78 is 0. The number of halogens is 1. The summed E-state index contributed by atoms with van der Waals surface area (Å²) in [5, 5.41) is 15.7. The van der Waals surface area contributed by atoms with Crippen LogP contribution in [-0.4, -0.2) is 48.1 Å². The minimum Gasteiger partial charge on any atom is -0.393 e. The second-order valence-corrected chi connectivity index (χ2v) is 8.82. The van der Waals surface area contributed by atoms with E-state index in [1.54, 1.807) is 0 Å². The molecule has 0 bridgehead atoms. The second kappa shape index (κ2) is 11.7. The minimum atomic E-state index is -0.489. The molecule has 1 aliphatic heterocycles. The van der Waals surface area contributed by atoms with E-state index in [4.69, 9.17) is 16.4 Å². The Labute approximate surface area is 180 Å². The standard InChI is InChI=1S/C24H35ClN2O2/c1-2-7-20-8-3-4-9-21(16-19-10-12-22(25)13-11-19)24(20)26-29-18-23(28)17-27-14-5-6-15-27/h10-13,16,20,23,28H,2-9,14-15,17-18H2,1H3/t20-,23?/m0/s1. The van der Waals surface area contributed by atoms with E-state index in [2.05, 4.69) is 23.1 Å². The lowest BCUT2D eigenvalue weighted by Crippen LogP contribution is -2.32. The highest BCUT2D eigenvalue weighted by Crippen LogP contribution is 2.30. The lowest BCUT2D eigenvalue weighted by Gasteiger charge is -2.20. The van der Waals surface area contributed by atoms with Crippen molar-refractivity contribution in [1.82, 2.24) is 4.90 Å². The first kappa shape index (κ1) is 22.3. The van der Waals surface area contributed by atoms with E-state index in [1.165, 1.54) is 31.3 Å². The van der Waals surface area contributed by atoms with Crippen molar-refractivity contribution >= 4 is 23.4 Å². The molecule has 0 spiro atoms. The summed E-state index contributed by atoms with van der Waals surface area (Å²) in [5.74, 6) is 0.428. The normalized spacial score (nSPS) is 24.7. The van der Waals surface area contributed by atoms with Gasteiger partial charge in [-0.25, -0.2) is 0 Å². The average Bonchev–Trinajstić information content (AvgIpc) is 3.14. The van der Waals surface area contributed by atoms with Gasteiger partial charge in [-0.05, 0) is 81.0 Å². The summed E-state index contributed by atoms with van der Waals surface area (Å²) in [4.78, 5) is 8.02. The van der Waals surface area contributed by atoms with Crippen LogP contribution in [-0.2, 0) is 4.84 Å². The maximum atomic E-state index is 10.3. The van der Waals surface area contributed by atoms with Gasteiger partial charge in [0.1, 0.15) is 12.7 Å². The van der Waals surface area contributed by atoms with Crippen molar-refractivity contribution in [2.75, 3.05) is 26.2 Å². The Balaban J connectivity index is 1.71. The molecule has 1 aromatic carbocycles. The van der Waals surface area contributed by atoms with Crippen LogP contribution in [0, 0.1) is 5.92 Å². The summed E-state index contributed by atoms with van der Waals surface area (Å²) in [6.45, 7) is 5.33. The number of β-amino-alcohol motifs (C(OH)–C–C–N with tert-alkyl or cyclic N) is 1. The van der Waals surface area contributed by atoms with E-state index in [-0.39, 0.29) is 6.61 Å². The number of oxime groups is 1. The number of allylic oxidation sites excluding steroid dienone is 1. The molecule has 160 valence electrons. The van der Waals surface area contributed by atoms with Gasteiger partial charge >= 0.3 is 0 Å². The molecule has 1 unspecified atom stereocenters. The third-order valence-corrected chi connectivity index (χ3v) is 6.16. The quantitative estimate of drug-likeness (QED) is 0.445. The molecular formula is C24H35ClN2O2. The molecule has 1 aliphatic carbocycles. The van der Waals surface area contributed by atoms with Gasteiger partial charge in [0.25, 0.3) is 0 Å². The van der Waals surface area contributed by atoms with Gasteiger partial charge in [-0.3, -0.25) is 0 Å². The molecule has 29 heavy (non-hydrogen) atoms. The molecule has 2 atom stereocenters. The number of nitrogens with zero attached hydrogens (tertiary/aromatic N) is 2. The summed E-state index contributed by atoms with van der Waals surface area (Å²) in [7, 11) is 0. The molecule has 0 radical (unpaired) electrons. The Morgan fingerprint density at radius 2 is 1.97 bits per heavy atom. The van der Waals surface area contributed by atoms with Gasteiger partial charge in [-0.1, -0.05) is 48.7 Å². The predicted octanol–water partition coefficient (Wildman–Crippen LogP) is 5.54. The second-order valence-electron chi connectivity index (χ2n) is 8.39. The lowest BCUT2D eigenvalue weighted by molar-refractivity contribution is 0.0225. The first-order chi connectivity index (χ1) is 14.2. The number of aliphatic hydroxyl groups is 1. The zero-order valence-electron chi connectivity index (χ0n) is 17.7. The molecule has 1 heterocycles. The smallest absolute Gasteiger partial charge is 0.144 e. The van der Waals surface area contributed by atoms with Gasteiger partial charge in [-0.2, -0.15) is 0 Å². The molecule has 0 aromatic heterocycles. The SMILES string of the molecule is CCC[C@H]1CCCCC(=Cc2ccc(Cl)cc2)C1=NOCC(O)CN1CCCC1. The topological polar surface area (TPSA) is 45.1 Å². The van der Waals surface area contributed by atoms with Crippen molar-refractivity contribution in [3.63, 3.8) is 0 Å². The zero-order valence-corrected chi connectivity index (χ0v) is 18.4. The lowest BCUT2D eigenvalue weighted by atomic mass is 9.90. The summed E-state index contributed by atoms with van der Waals surface area (Å²) in [6.07, 6.45) is 11.0. The van der Waals surface area contributed by atoms with Gasteiger partial charge in [0.15, 0.2) is 0 Å². The van der Waals surface area contributed by atoms with Crippen molar-refractivity contribution in [2.24, 2.45) is 11.1 Å². The van der Waals surface area contributed by atoms with Gasteiger partial charge in [0, 0.05) is 17.5 Å². The Bertz CT molecular complexity index is 681. The molecule has 1 saturated carbocycles. The van der Waals surface area contributed by atoms with Crippen LogP contribution in [0.1, 0.15) is 63.9 Å². The van der Waals surface area contributed by atoms with Crippen molar-refractivity contribution in [1.29, 1.82) is 0 Å². The molecule has 3 rings (SSSR count). The van der Waals surface area contributed by atoms with Gasteiger partial charge in [0.2, 0.25) is 0 Å². The van der Waals surface area contributed by atoms with Crippen LogP contribution in [0.4, 0.5) is 0 Å². The summed E-state index contributed by atoms with van der Waals surface area (Å²) >= 11 is 6.04. The first-order valence-electron chi connectivity index (χ1n) is 11.2. The Morgan fingerprint density at radius 1 is 1.21 bits per heavy atom. The van der Waals surface area contributed by atoms with Crippen LogP contribution < -0.4 is 0 Å². The van der Waals surface area contributed by atoms with Crippen LogP contribution in [0.5, 0.6) is 0 Å². The average molecular weight is 419 g/mol. The number of hydrogen-bond acceptors (Lipinski definition) is 4. The van der Waals surface area contributed by atoms with E-state index in [0.29, 0.717) is 12.5 Å². The number of rotatable bonds is 8. The molecule has 2 aliphatic rings. The van der Waals surface area contributed by atoms with Gasteiger partial charge in [0.05, 0.1) is 5.71 Å². The maximum absolute atomic E-state index is 10.3. The number of aliphatic hydroxyl groups excluding tert-OH is 1. The van der Waals surface area contributed by atoms with Crippen molar-refractivity contribution in [2.45, 2.75) is 64.4 Å². The maximum Gasteiger partial charge on any atom is 0.144 e. The fourth-order valence-electron chi connectivity index (χ4n) is 4.41. The third kappa shape index (κ3) is 7.13. The highest BCUT2D eigenvalue weighted by atomic mass is 35.5. The molecule has 1 saturated heterocycles. The van der Waals surface area contributed by atoms with Gasteiger partial charge in [-0.15, -0.1) is 0 Å². The Hall–Kier alpha value is -1.36. The van der Waals surface area contributed by atoms with Gasteiger partial charge < -0.3 is 14.8 Å². The fraction of sp³-hybridized carbons (Fsp3) is 0.625. The Morgan fingerprint density at radius 3 is 2.69 bits per heavy atom. The van der Waals surface area contributed by atoms with E-state index in [0.717, 1.165) is 55.1 Å². The van der Waals surface area contributed by atoms with Crippen LogP contribution >= 0.6 is 11.6 Å². The van der Waals surface area contributed by atoms with Crippen LogP contribution in [0.2, 0.25) is 5.02 Å². The molecule has 1 aromatic rings. The Kier molecular flexibility index (Phi) is 9.03. The number of likely N-dealkylation sites (tertiary alicyclic amines) is 1. The molecule has 5 heteroatoms. The highest BCUT2D eigenvalue weighted by molar-refractivity contribution is 6.30. The largest absolute Gasteiger partial charge is 0.393 e. The first-order valence-corrected chi connectivity index (χ1v) is 11.6. The van der Waals surface area contributed by atoms with Crippen molar-refractivity contribution < 1.29 is 9.94 Å². The summed E-state index contributed by atoms with van der Waals surface area (Å²) in [5.41, 5.74) is 3.48. The van der Waals surface area contributed by atoms with E-state index in [1.807, 2.05) is 24.3 Å². The zero-order chi connectivity index (χ0) is 20.5. The van der Waals surface area contributed by atoms with Crippen LogP contribution in [0.3, 0.4) is 0 Å². The molecule has 1 N–H and O–H groups in total. The molecular weight excluding hydrogens is 384 g/mol. The van der Waals surface area contributed by atoms with E-state index in [9.17, 15) is 5.11 Å². The van der Waals surface area contributed by atoms with Crippen molar-refractivity contribution in [3.05, 3.63) is 40.4 Å². The monoisotopic (exact) mass is 418 g/mol. The van der Waals surface area contributed by atoms with E-state index >= 15 is 0 Å². The van der Waals surface area contributed by atoms with Crippen LogP contribution in [0.15, 0.2) is 35.0 Å². The number of hydrogen-bond donors (Lipinski definition) is 1. The third-order valence-electron chi connectivity index (χ3n) is 5.91. The highest BCUT2D eigenvalue weighted by Gasteiger charge is 2.23. The fourth-order valence-corrected chi connectivity index (χ4v) is 4.54. The van der Waals surface area contributed by atoms with E-state index < -0.39 is 6.10 Å². The molecule has 0 amide bonds. The van der Waals surface area contributed by atoms with Crippen molar-refractivity contribution in [3.8, 4) is 0 Å².